The van der Waals surface area contributed by atoms with Gasteiger partial charge in [-0.05, 0) is 81.4 Å². The number of hydrogen-bond donors (Lipinski definition) is 1. The van der Waals surface area contributed by atoms with E-state index in [1.807, 2.05) is 0 Å². The van der Waals surface area contributed by atoms with Crippen molar-refractivity contribution in [2.45, 2.75) is 53.9 Å². The number of hydrogen-bond acceptors (Lipinski definition) is 1. The molecule has 0 fully saturated rings. The number of benzene rings is 1. The lowest BCUT2D eigenvalue weighted by molar-refractivity contribution is 0.638. The molecule has 1 N–H and O–H groups in total. The summed E-state index contributed by atoms with van der Waals surface area (Å²) in [5, 5.41) is 3.53. The molecule has 17 heavy (non-hydrogen) atoms. The summed E-state index contributed by atoms with van der Waals surface area (Å²) in [7, 11) is 0. The Morgan fingerprint density at radius 3 is 2.06 bits per heavy atom. The molecule has 0 amide bonds. The lowest BCUT2D eigenvalue weighted by atomic mass is 9.92. The van der Waals surface area contributed by atoms with Crippen LogP contribution in [0.1, 0.15) is 47.6 Å². The molecule has 0 aromatic heterocycles. The Hall–Kier alpha value is -0.820. The number of aryl methyl sites for hydroxylation is 2. The zero-order valence-corrected chi connectivity index (χ0v) is 12.1. The van der Waals surface area contributed by atoms with Gasteiger partial charge in [0.15, 0.2) is 0 Å². The van der Waals surface area contributed by atoms with E-state index < -0.39 is 0 Å². The third-order valence-electron chi connectivity index (χ3n) is 3.78. The highest BCUT2D eigenvalue weighted by molar-refractivity contribution is 5.44. The summed E-state index contributed by atoms with van der Waals surface area (Å²) >= 11 is 0. The molecule has 0 radical (unpaired) electrons. The van der Waals surface area contributed by atoms with Crippen LogP contribution in [0, 0.1) is 27.7 Å². The molecule has 0 aliphatic heterocycles. The summed E-state index contributed by atoms with van der Waals surface area (Å²) < 4.78 is 0. The zero-order valence-electron chi connectivity index (χ0n) is 12.1. The summed E-state index contributed by atoms with van der Waals surface area (Å²) in [5.41, 5.74) is 7.36. The minimum atomic E-state index is 1.10. The van der Waals surface area contributed by atoms with Gasteiger partial charge in [0.25, 0.3) is 0 Å². The van der Waals surface area contributed by atoms with E-state index in [-0.39, 0.29) is 0 Å². The highest BCUT2D eigenvalue weighted by atomic mass is 14.8. The molecule has 0 aliphatic rings. The van der Waals surface area contributed by atoms with E-state index >= 15 is 0 Å². The van der Waals surface area contributed by atoms with E-state index in [0.29, 0.717) is 0 Å². The van der Waals surface area contributed by atoms with Crippen LogP contribution >= 0.6 is 0 Å². The molecule has 0 unspecified atom stereocenters. The van der Waals surface area contributed by atoms with Gasteiger partial charge in [-0.1, -0.05) is 19.4 Å². The SMILES string of the molecule is CCCCNCCc1c(C)c(C)cc(C)c1C. The number of nitrogens with one attached hydrogen (secondary N) is 1. The Labute approximate surface area is 107 Å². The normalized spacial score (nSPS) is 10.9. The largest absolute Gasteiger partial charge is 0.316 e. The van der Waals surface area contributed by atoms with Crippen molar-refractivity contribution in [3.63, 3.8) is 0 Å². The van der Waals surface area contributed by atoms with Crippen LogP contribution in [0.25, 0.3) is 0 Å². The van der Waals surface area contributed by atoms with E-state index in [0.717, 1.165) is 19.5 Å². The molecule has 1 aromatic carbocycles. The molecule has 0 spiro atoms. The van der Waals surface area contributed by atoms with Crippen molar-refractivity contribution in [1.29, 1.82) is 0 Å². The fourth-order valence-electron chi connectivity index (χ4n) is 2.31. The standard InChI is InChI=1S/C16H27N/c1-6-7-9-17-10-8-16-14(4)12(2)11-13(3)15(16)5/h11,17H,6-10H2,1-5H3. The van der Waals surface area contributed by atoms with Crippen LogP contribution in [0.5, 0.6) is 0 Å². The quantitative estimate of drug-likeness (QED) is 0.736. The summed E-state index contributed by atoms with van der Waals surface area (Å²) in [4.78, 5) is 0. The maximum absolute atomic E-state index is 3.53. The van der Waals surface area contributed by atoms with E-state index in [1.54, 1.807) is 5.56 Å². The molecule has 0 bridgehead atoms. The Bertz CT molecular complexity index is 340. The van der Waals surface area contributed by atoms with Crippen molar-refractivity contribution < 1.29 is 0 Å². The Morgan fingerprint density at radius 2 is 1.53 bits per heavy atom. The Kier molecular flexibility index (Phi) is 5.70. The summed E-state index contributed by atoms with van der Waals surface area (Å²) in [6, 6.07) is 2.30. The van der Waals surface area contributed by atoms with Gasteiger partial charge in [-0.25, -0.2) is 0 Å². The lowest BCUT2D eigenvalue weighted by Crippen LogP contribution is -2.19. The summed E-state index contributed by atoms with van der Waals surface area (Å²) in [5.74, 6) is 0. The monoisotopic (exact) mass is 233 g/mol. The third kappa shape index (κ3) is 3.85. The van der Waals surface area contributed by atoms with Gasteiger partial charge in [0, 0.05) is 0 Å². The second kappa shape index (κ2) is 6.80. The first-order valence-electron chi connectivity index (χ1n) is 6.85. The molecule has 0 heterocycles. The molecular formula is C16H27N. The van der Waals surface area contributed by atoms with E-state index in [4.69, 9.17) is 0 Å². The van der Waals surface area contributed by atoms with Crippen LogP contribution in [0.2, 0.25) is 0 Å². The minimum absolute atomic E-state index is 1.10. The van der Waals surface area contributed by atoms with Gasteiger partial charge >= 0.3 is 0 Å². The van der Waals surface area contributed by atoms with Gasteiger partial charge < -0.3 is 5.32 Å². The van der Waals surface area contributed by atoms with Crippen LogP contribution in [-0.2, 0) is 6.42 Å². The maximum Gasteiger partial charge on any atom is -0.000815 e. The predicted molar refractivity (Wildman–Crippen MR) is 76.9 cm³/mol. The van der Waals surface area contributed by atoms with E-state index in [2.05, 4.69) is 46.0 Å². The van der Waals surface area contributed by atoms with Gasteiger partial charge in [-0.15, -0.1) is 0 Å². The molecule has 1 heteroatoms. The Morgan fingerprint density at radius 1 is 0.941 bits per heavy atom. The molecule has 0 aliphatic carbocycles. The third-order valence-corrected chi connectivity index (χ3v) is 3.78. The fraction of sp³-hybridized carbons (Fsp3) is 0.625. The molecule has 96 valence electrons. The second-order valence-electron chi connectivity index (χ2n) is 5.09. The van der Waals surface area contributed by atoms with Gasteiger partial charge in [0.2, 0.25) is 0 Å². The van der Waals surface area contributed by atoms with Gasteiger partial charge in [-0.2, -0.15) is 0 Å². The molecular weight excluding hydrogens is 206 g/mol. The van der Waals surface area contributed by atoms with Crippen molar-refractivity contribution >= 4 is 0 Å². The first kappa shape index (κ1) is 14.2. The van der Waals surface area contributed by atoms with Gasteiger partial charge in [0.05, 0.1) is 0 Å². The van der Waals surface area contributed by atoms with Crippen LogP contribution in [-0.4, -0.2) is 13.1 Å². The fourth-order valence-corrected chi connectivity index (χ4v) is 2.31. The molecule has 1 aromatic rings. The predicted octanol–water partition coefficient (Wildman–Crippen LogP) is 3.85. The number of unbranched alkanes of at least 4 members (excludes halogenated alkanes) is 1. The van der Waals surface area contributed by atoms with E-state index in [9.17, 15) is 0 Å². The molecule has 1 nitrogen and oxygen atoms in total. The number of rotatable bonds is 6. The van der Waals surface area contributed by atoms with Crippen LogP contribution in [0.4, 0.5) is 0 Å². The van der Waals surface area contributed by atoms with Crippen molar-refractivity contribution in [2.24, 2.45) is 0 Å². The highest BCUT2D eigenvalue weighted by Crippen LogP contribution is 2.21. The van der Waals surface area contributed by atoms with Crippen LogP contribution < -0.4 is 5.32 Å². The van der Waals surface area contributed by atoms with Crippen molar-refractivity contribution in [2.75, 3.05) is 13.1 Å². The second-order valence-corrected chi connectivity index (χ2v) is 5.09. The molecule has 0 saturated carbocycles. The first-order valence-corrected chi connectivity index (χ1v) is 6.85. The molecule has 0 atom stereocenters. The van der Waals surface area contributed by atoms with Crippen LogP contribution in [0.3, 0.4) is 0 Å². The first-order chi connectivity index (χ1) is 8.07. The average Bonchev–Trinajstić information content (AvgIpc) is 2.30. The maximum atomic E-state index is 3.53. The van der Waals surface area contributed by atoms with Crippen molar-refractivity contribution in [3.8, 4) is 0 Å². The highest BCUT2D eigenvalue weighted by Gasteiger charge is 2.07. The summed E-state index contributed by atoms with van der Waals surface area (Å²) in [6.07, 6.45) is 3.71. The molecule has 1 rings (SSSR count). The Balaban J connectivity index is 2.64. The lowest BCUT2D eigenvalue weighted by Gasteiger charge is -2.15. The zero-order chi connectivity index (χ0) is 12.8. The van der Waals surface area contributed by atoms with E-state index in [1.165, 1.54) is 35.1 Å². The van der Waals surface area contributed by atoms with Gasteiger partial charge in [0.1, 0.15) is 0 Å². The smallest absolute Gasteiger partial charge is 0.000815 e. The van der Waals surface area contributed by atoms with Gasteiger partial charge in [-0.3, -0.25) is 0 Å². The van der Waals surface area contributed by atoms with Crippen molar-refractivity contribution in [1.82, 2.24) is 5.32 Å². The van der Waals surface area contributed by atoms with Crippen LogP contribution in [0.15, 0.2) is 6.07 Å². The van der Waals surface area contributed by atoms with Crippen molar-refractivity contribution in [3.05, 3.63) is 33.9 Å². The summed E-state index contributed by atoms with van der Waals surface area (Å²) in [6.45, 7) is 13.4. The minimum Gasteiger partial charge on any atom is -0.316 e. The topological polar surface area (TPSA) is 12.0 Å². The molecule has 0 saturated heterocycles. The average molecular weight is 233 g/mol.